The van der Waals surface area contributed by atoms with Crippen LogP contribution in [-0.2, 0) is 6.61 Å². The molecule has 2 N–H and O–H groups in total. The number of carbonyl (C=O) groups excluding carboxylic acids is 1. The minimum atomic E-state index is -0.448. The number of ether oxygens (including phenoxy) is 2. The van der Waals surface area contributed by atoms with E-state index in [9.17, 15) is 14.9 Å². The van der Waals surface area contributed by atoms with Crippen molar-refractivity contribution in [1.29, 1.82) is 0 Å². The number of nitrogens with zero attached hydrogens (tertiary/aromatic N) is 3. The van der Waals surface area contributed by atoms with Gasteiger partial charge in [-0.15, -0.1) is 11.3 Å². The lowest BCUT2D eigenvalue weighted by Gasteiger charge is -2.11. The quantitative estimate of drug-likeness (QED) is 0.0999. The predicted molar refractivity (Wildman–Crippen MR) is 163 cm³/mol. The summed E-state index contributed by atoms with van der Waals surface area (Å²) in [6.07, 6.45) is 1.51. The summed E-state index contributed by atoms with van der Waals surface area (Å²) in [7, 11) is 1.52. The van der Waals surface area contributed by atoms with Gasteiger partial charge in [0.15, 0.2) is 16.6 Å². The van der Waals surface area contributed by atoms with Crippen molar-refractivity contribution in [2.45, 2.75) is 6.61 Å². The van der Waals surface area contributed by atoms with Crippen molar-refractivity contribution in [3.8, 4) is 22.8 Å². The molecular weight excluding hydrogens is 554 g/mol. The van der Waals surface area contributed by atoms with E-state index in [-0.39, 0.29) is 18.2 Å². The highest BCUT2D eigenvalue weighted by Crippen LogP contribution is 2.29. The first kappa shape index (κ1) is 28.0. The van der Waals surface area contributed by atoms with Crippen molar-refractivity contribution in [3.63, 3.8) is 0 Å². The highest BCUT2D eigenvalue weighted by Gasteiger charge is 2.10. The number of nitro groups is 1. The fourth-order valence-electron chi connectivity index (χ4n) is 3.89. The topological polar surface area (TPSA) is 128 Å². The molecule has 210 valence electrons. The van der Waals surface area contributed by atoms with Crippen LogP contribution in [0.2, 0.25) is 0 Å². The third kappa shape index (κ3) is 7.14. The molecule has 0 saturated carbocycles. The van der Waals surface area contributed by atoms with Crippen LogP contribution in [0.5, 0.6) is 11.5 Å². The first-order chi connectivity index (χ1) is 20.5. The van der Waals surface area contributed by atoms with Crippen LogP contribution in [0.1, 0.15) is 21.5 Å². The fraction of sp³-hybridized carbons (Fsp3) is 0.0645. The molecule has 1 heterocycles. The van der Waals surface area contributed by atoms with Gasteiger partial charge in [0, 0.05) is 34.3 Å². The Morgan fingerprint density at radius 2 is 1.76 bits per heavy atom. The fourth-order valence-corrected chi connectivity index (χ4v) is 4.63. The van der Waals surface area contributed by atoms with Crippen LogP contribution in [0.25, 0.3) is 11.3 Å². The highest BCUT2D eigenvalue weighted by atomic mass is 32.1. The van der Waals surface area contributed by atoms with Gasteiger partial charge in [0.2, 0.25) is 0 Å². The minimum Gasteiger partial charge on any atom is -0.493 e. The molecule has 5 rings (SSSR count). The Hall–Kier alpha value is -5.55. The number of benzene rings is 4. The molecule has 4 aromatic carbocycles. The standard InChI is InChI=1S/C31H25N5O5S/c1-40-29-17-22(9-16-28(29)41-19-21-7-14-26(15-8-21)36(38)39)18-32-35-30(37)24-12-10-23(11-13-24)27-20-42-31(34-27)33-25-5-3-2-4-6-25/h2-18,20H,19H2,1H3,(H,33,34)(H,35,37)/b32-18-. The molecule has 10 nitrogen and oxygen atoms in total. The first-order valence-electron chi connectivity index (χ1n) is 12.7. The highest BCUT2D eigenvalue weighted by molar-refractivity contribution is 7.14. The summed E-state index contributed by atoms with van der Waals surface area (Å²) in [6.45, 7) is 0.213. The molecule has 0 spiro atoms. The van der Waals surface area contributed by atoms with E-state index < -0.39 is 4.92 Å². The Bertz CT molecular complexity index is 1700. The van der Waals surface area contributed by atoms with Crippen molar-refractivity contribution >= 4 is 40.0 Å². The predicted octanol–water partition coefficient (Wildman–Crippen LogP) is 6.81. The molecule has 1 aromatic heterocycles. The van der Waals surface area contributed by atoms with Crippen LogP contribution in [0, 0.1) is 10.1 Å². The van der Waals surface area contributed by atoms with Gasteiger partial charge in [0.05, 0.1) is 23.9 Å². The molecule has 0 aliphatic heterocycles. The molecule has 5 aromatic rings. The van der Waals surface area contributed by atoms with Gasteiger partial charge in [-0.05, 0) is 65.7 Å². The van der Waals surface area contributed by atoms with Gasteiger partial charge in [-0.2, -0.15) is 5.10 Å². The average Bonchev–Trinajstić information content (AvgIpc) is 3.49. The number of aromatic nitrogens is 1. The van der Waals surface area contributed by atoms with E-state index in [2.05, 4.69) is 20.8 Å². The van der Waals surface area contributed by atoms with E-state index in [0.717, 1.165) is 27.6 Å². The number of carbonyl (C=O) groups is 1. The van der Waals surface area contributed by atoms with Crippen molar-refractivity contribution in [2.24, 2.45) is 5.10 Å². The van der Waals surface area contributed by atoms with Crippen LogP contribution in [0.4, 0.5) is 16.5 Å². The van der Waals surface area contributed by atoms with Crippen LogP contribution in [0.3, 0.4) is 0 Å². The molecule has 11 heteroatoms. The molecule has 0 bridgehead atoms. The number of hydrogen-bond acceptors (Lipinski definition) is 9. The number of amides is 1. The van der Waals surface area contributed by atoms with Crippen LogP contribution in [0.15, 0.2) is 108 Å². The molecule has 0 aliphatic carbocycles. The Kier molecular flexibility index (Phi) is 8.80. The summed E-state index contributed by atoms with van der Waals surface area (Å²) >= 11 is 1.51. The number of thiazole rings is 1. The Morgan fingerprint density at radius 3 is 2.48 bits per heavy atom. The molecule has 0 radical (unpaired) electrons. The number of nitrogens with one attached hydrogen (secondary N) is 2. The molecule has 0 saturated heterocycles. The lowest BCUT2D eigenvalue weighted by Crippen LogP contribution is -2.17. The second-order valence-corrected chi connectivity index (χ2v) is 9.79. The average molecular weight is 580 g/mol. The number of anilines is 2. The number of hydrazone groups is 1. The zero-order chi connectivity index (χ0) is 29.3. The molecule has 0 aliphatic rings. The zero-order valence-electron chi connectivity index (χ0n) is 22.4. The monoisotopic (exact) mass is 579 g/mol. The number of para-hydroxylation sites is 1. The Morgan fingerprint density at radius 1 is 1.00 bits per heavy atom. The minimum absolute atomic E-state index is 0.0192. The van der Waals surface area contributed by atoms with Gasteiger partial charge < -0.3 is 14.8 Å². The van der Waals surface area contributed by atoms with Gasteiger partial charge >= 0.3 is 0 Å². The zero-order valence-corrected chi connectivity index (χ0v) is 23.2. The summed E-state index contributed by atoms with van der Waals surface area (Å²) in [4.78, 5) is 27.6. The molecular formula is C31H25N5O5S. The van der Waals surface area contributed by atoms with E-state index >= 15 is 0 Å². The lowest BCUT2D eigenvalue weighted by molar-refractivity contribution is -0.384. The van der Waals surface area contributed by atoms with Crippen LogP contribution < -0.4 is 20.2 Å². The summed E-state index contributed by atoms with van der Waals surface area (Å²) in [5.74, 6) is 0.629. The Labute approximate surface area is 245 Å². The van der Waals surface area contributed by atoms with E-state index in [0.29, 0.717) is 22.6 Å². The van der Waals surface area contributed by atoms with E-state index in [1.54, 1.807) is 42.5 Å². The van der Waals surface area contributed by atoms with Gasteiger partial charge in [0.1, 0.15) is 6.61 Å². The van der Waals surface area contributed by atoms with Gasteiger partial charge in [-0.3, -0.25) is 14.9 Å². The molecule has 0 atom stereocenters. The summed E-state index contributed by atoms with van der Waals surface area (Å²) in [5, 5.41) is 20.9. The molecule has 1 amide bonds. The second-order valence-electron chi connectivity index (χ2n) is 8.93. The number of rotatable bonds is 11. The SMILES string of the molecule is COc1cc(/C=N\NC(=O)c2ccc(-c3csc(Nc4ccccc4)n3)cc2)ccc1OCc1ccc([N+](=O)[O-])cc1. The maximum absolute atomic E-state index is 12.6. The van der Waals surface area contributed by atoms with Crippen molar-refractivity contribution in [3.05, 3.63) is 129 Å². The maximum atomic E-state index is 12.6. The number of methoxy groups -OCH3 is 1. The number of non-ortho nitro benzene ring substituents is 1. The smallest absolute Gasteiger partial charge is 0.271 e. The van der Waals surface area contributed by atoms with Crippen LogP contribution in [-0.4, -0.2) is 29.1 Å². The Balaban J connectivity index is 1.15. The summed E-state index contributed by atoms with van der Waals surface area (Å²) in [5.41, 5.74) is 7.16. The number of hydrogen-bond donors (Lipinski definition) is 2. The van der Waals surface area contributed by atoms with Gasteiger partial charge in [0.25, 0.3) is 11.6 Å². The summed E-state index contributed by atoms with van der Waals surface area (Å²) < 4.78 is 11.3. The normalized spacial score (nSPS) is 10.8. The van der Waals surface area contributed by atoms with Crippen molar-refractivity contribution in [1.82, 2.24) is 10.4 Å². The summed E-state index contributed by atoms with van der Waals surface area (Å²) in [6, 6.07) is 28.3. The van der Waals surface area contributed by atoms with Gasteiger partial charge in [-0.25, -0.2) is 10.4 Å². The third-order valence-corrected chi connectivity index (χ3v) is 6.84. The second kappa shape index (κ2) is 13.2. The third-order valence-electron chi connectivity index (χ3n) is 6.08. The maximum Gasteiger partial charge on any atom is 0.271 e. The molecule has 0 unspecified atom stereocenters. The largest absolute Gasteiger partial charge is 0.493 e. The molecule has 42 heavy (non-hydrogen) atoms. The number of nitro benzene ring substituents is 1. The van der Waals surface area contributed by atoms with Crippen molar-refractivity contribution in [2.75, 3.05) is 12.4 Å². The van der Waals surface area contributed by atoms with Crippen LogP contribution >= 0.6 is 11.3 Å². The lowest BCUT2D eigenvalue weighted by atomic mass is 10.1. The van der Waals surface area contributed by atoms with Gasteiger partial charge in [-0.1, -0.05) is 30.3 Å². The first-order valence-corrected chi connectivity index (χ1v) is 13.6. The molecule has 0 fully saturated rings. The van der Waals surface area contributed by atoms with Crippen molar-refractivity contribution < 1.29 is 19.2 Å². The van der Waals surface area contributed by atoms with E-state index in [4.69, 9.17) is 9.47 Å². The van der Waals surface area contributed by atoms with E-state index in [1.165, 1.54) is 36.8 Å². The van der Waals surface area contributed by atoms with E-state index in [1.807, 2.05) is 47.8 Å².